The first-order valence-corrected chi connectivity index (χ1v) is 9.06. The van der Waals surface area contributed by atoms with Crippen LogP contribution < -0.4 is 0 Å². The number of hydrogen-bond acceptors (Lipinski definition) is 4. The Kier molecular flexibility index (Phi) is 3.20. The highest BCUT2D eigenvalue weighted by Crippen LogP contribution is 2.47. The third kappa shape index (κ3) is 2.05. The van der Waals surface area contributed by atoms with Crippen LogP contribution in [0.25, 0.3) is 0 Å². The maximum absolute atomic E-state index is 12.4. The third-order valence-corrected chi connectivity index (χ3v) is 6.68. The summed E-state index contributed by atoms with van der Waals surface area (Å²) in [5.41, 5.74) is 1.29. The molecule has 0 saturated carbocycles. The standard InChI is InChI=1S/C14H11BrN2OS2/c15-7-5-10(19-6-7)12-16-13(18)11-8-3-1-2-4-9(8)20-14(11)17-12/h5-6,11H,1-4H2. The Hall–Kier alpha value is -0.720. The number of rotatable bonds is 1. The molecule has 1 unspecified atom stereocenters. The van der Waals surface area contributed by atoms with Gasteiger partial charge in [-0.25, -0.2) is 4.99 Å². The molecule has 0 radical (unpaired) electrons. The Morgan fingerprint density at radius 3 is 2.90 bits per heavy atom. The summed E-state index contributed by atoms with van der Waals surface area (Å²) in [4.78, 5) is 23.6. The molecule has 0 spiro atoms. The van der Waals surface area contributed by atoms with Gasteiger partial charge < -0.3 is 0 Å². The smallest absolute Gasteiger partial charge is 0.261 e. The van der Waals surface area contributed by atoms with Crippen molar-refractivity contribution in [3.8, 4) is 0 Å². The molecule has 0 bridgehead atoms. The first kappa shape index (κ1) is 13.0. The van der Waals surface area contributed by atoms with Gasteiger partial charge in [0, 0.05) is 9.85 Å². The summed E-state index contributed by atoms with van der Waals surface area (Å²) in [6, 6.07) is 1.97. The van der Waals surface area contributed by atoms with Crippen molar-refractivity contribution in [3.05, 3.63) is 31.3 Å². The number of carbonyl (C=O) groups excluding carboxylic acids is 1. The van der Waals surface area contributed by atoms with E-state index in [4.69, 9.17) is 0 Å². The van der Waals surface area contributed by atoms with Crippen LogP contribution in [-0.2, 0) is 4.79 Å². The predicted molar refractivity (Wildman–Crippen MR) is 87.6 cm³/mol. The maximum Gasteiger partial charge on any atom is 0.261 e. The van der Waals surface area contributed by atoms with E-state index in [1.54, 1.807) is 23.1 Å². The van der Waals surface area contributed by atoms with E-state index in [-0.39, 0.29) is 11.8 Å². The number of thiophene rings is 1. The highest BCUT2D eigenvalue weighted by Gasteiger charge is 2.40. The number of allylic oxidation sites excluding steroid dienone is 1. The summed E-state index contributed by atoms with van der Waals surface area (Å²) in [5.74, 6) is 0.376. The molecule has 3 nitrogen and oxygen atoms in total. The fourth-order valence-corrected chi connectivity index (χ4v) is 5.54. The second kappa shape index (κ2) is 4.93. The lowest BCUT2D eigenvalue weighted by atomic mass is 9.89. The zero-order chi connectivity index (χ0) is 13.7. The van der Waals surface area contributed by atoms with Crippen molar-refractivity contribution < 1.29 is 4.79 Å². The van der Waals surface area contributed by atoms with Crippen LogP contribution in [0.5, 0.6) is 0 Å². The van der Waals surface area contributed by atoms with Crippen molar-refractivity contribution in [2.24, 2.45) is 15.9 Å². The average Bonchev–Trinajstić information content (AvgIpc) is 3.01. The number of amidine groups is 1. The fourth-order valence-electron chi connectivity index (χ4n) is 2.84. The van der Waals surface area contributed by atoms with Gasteiger partial charge in [0.2, 0.25) is 0 Å². The van der Waals surface area contributed by atoms with Crippen molar-refractivity contribution in [2.45, 2.75) is 25.7 Å². The molecule has 3 aliphatic rings. The SMILES string of the molecule is O=C1N=C(c2cc(Br)cs2)N=C2SC3=C(CCCC3)C12. The Bertz CT molecular complexity index is 702. The van der Waals surface area contributed by atoms with Gasteiger partial charge in [0.15, 0.2) is 5.84 Å². The van der Waals surface area contributed by atoms with Crippen LogP contribution in [0.4, 0.5) is 0 Å². The number of carbonyl (C=O) groups is 1. The van der Waals surface area contributed by atoms with Crippen LogP contribution >= 0.6 is 39.0 Å². The summed E-state index contributed by atoms with van der Waals surface area (Å²) in [6.07, 6.45) is 4.55. The minimum atomic E-state index is -0.164. The van der Waals surface area contributed by atoms with Gasteiger partial charge in [-0.15, -0.1) is 11.3 Å². The van der Waals surface area contributed by atoms with E-state index in [1.807, 2.05) is 11.4 Å². The number of thioether (sulfide) groups is 1. The van der Waals surface area contributed by atoms with E-state index >= 15 is 0 Å². The highest BCUT2D eigenvalue weighted by molar-refractivity contribution is 9.10. The molecule has 0 N–H and O–H groups in total. The van der Waals surface area contributed by atoms with Crippen LogP contribution in [0.15, 0.2) is 36.4 Å². The molecule has 1 aliphatic carbocycles. The van der Waals surface area contributed by atoms with Gasteiger partial charge >= 0.3 is 0 Å². The van der Waals surface area contributed by atoms with Gasteiger partial charge in [-0.1, -0.05) is 11.8 Å². The number of aliphatic imine (C=N–C) groups is 2. The molecule has 1 aromatic heterocycles. The minimum Gasteiger partial charge on any atom is -0.271 e. The molecule has 0 aromatic carbocycles. The summed E-state index contributed by atoms with van der Waals surface area (Å²) in [7, 11) is 0. The molecule has 6 heteroatoms. The first-order valence-electron chi connectivity index (χ1n) is 6.57. The van der Waals surface area contributed by atoms with Crippen molar-refractivity contribution in [1.82, 2.24) is 0 Å². The molecule has 2 aliphatic heterocycles. The molecular weight excluding hydrogens is 356 g/mol. The van der Waals surface area contributed by atoms with Crippen molar-refractivity contribution in [2.75, 3.05) is 0 Å². The molecule has 0 fully saturated rings. The van der Waals surface area contributed by atoms with E-state index < -0.39 is 0 Å². The summed E-state index contributed by atoms with van der Waals surface area (Å²) in [6.45, 7) is 0. The summed E-state index contributed by atoms with van der Waals surface area (Å²) >= 11 is 6.69. The second-order valence-corrected chi connectivity index (χ2v) is 7.99. The number of hydrogen-bond donors (Lipinski definition) is 0. The van der Waals surface area contributed by atoms with Gasteiger partial charge in [0.05, 0.1) is 9.92 Å². The number of fused-ring (bicyclic) bond motifs is 2. The normalized spacial score (nSPS) is 25.2. The second-order valence-electron chi connectivity index (χ2n) is 5.04. The Labute approximate surface area is 133 Å². The van der Waals surface area contributed by atoms with E-state index in [1.165, 1.54) is 23.3 Å². The van der Waals surface area contributed by atoms with Crippen LogP contribution in [0.3, 0.4) is 0 Å². The monoisotopic (exact) mass is 366 g/mol. The number of amides is 1. The van der Waals surface area contributed by atoms with Gasteiger partial charge in [-0.3, -0.25) is 4.79 Å². The fraction of sp³-hybridized carbons (Fsp3) is 0.357. The van der Waals surface area contributed by atoms with Crippen LogP contribution in [-0.4, -0.2) is 16.8 Å². The third-order valence-electron chi connectivity index (χ3n) is 3.75. The molecular formula is C14H11BrN2OS2. The minimum absolute atomic E-state index is 0.0334. The average molecular weight is 367 g/mol. The molecule has 1 atom stereocenters. The molecule has 1 amide bonds. The van der Waals surface area contributed by atoms with Gasteiger partial charge in [-0.05, 0) is 58.2 Å². The number of nitrogens with zero attached hydrogens (tertiary/aromatic N) is 2. The lowest BCUT2D eigenvalue weighted by Crippen LogP contribution is -2.25. The van der Waals surface area contributed by atoms with E-state index in [0.29, 0.717) is 5.84 Å². The highest BCUT2D eigenvalue weighted by atomic mass is 79.9. The molecule has 4 rings (SSSR count). The van der Waals surface area contributed by atoms with Crippen LogP contribution in [0.1, 0.15) is 30.6 Å². The Morgan fingerprint density at radius 1 is 1.25 bits per heavy atom. The van der Waals surface area contributed by atoms with Crippen LogP contribution in [0, 0.1) is 5.92 Å². The molecule has 102 valence electrons. The zero-order valence-corrected chi connectivity index (χ0v) is 13.8. The topological polar surface area (TPSA) is 41.8 Å². The van der Waals surface area contributed by atoms with Crippen molar-refractivity contribution >= 4 is 55.8 Å². The van der Waals surface area contributed by atoms with Crippen molar-refractivity contribution in [3.63, 3.8) is 0 Å². The Balaban J connectivity index is 1.72. The molecule has 3 heterocycles. The van der Waals surface area contributed by atoms with E-state index in [2.05, 4.69) is 25.9 Å². The molecule has 0 saturated heterocycles. The lowest BCUT2D eigenvalue weighted by Gasteiger charge is -2.17. The van der Waals surface area contributed by atoms with Crippen molar-refractivity contribution in [1.29, 1.82) is 0 Å². The first-order chi connectivity index (χ1) is 9.72. The maximum atomic E-state index is 12.4. The summed E-state index contributed by atoms with van der Waals surface area (Å²) < 4.78 is 1.01. The van der Waals surface area contributed by atoms with E-state index in [9.17, 15) is 4.79 Å². The molecule has 20 heavy (non-hydrogen) atoms. The molecule has 1 aromatic rings. The quantitative estimate of drug-likeness (QED) is 0.739. The Morgan fingerprint density at radius 2 is 2.10 bits per heavy atom. The van der Waals surface area contributed by atoms with Gasteiger partial charge in [0.25, 0.3) is 5.91 Å². The summed E-state index contributed by atoms with van der Waals surface area (Å²) in [5, 5.41) is 2.93. The van der Waals surface area contributed by atoms with E-state index in [0.717, 1.165) is 27.2 Å². The van der Waals surface area contributed by atoms with Gasteiger partial charge in [-0.2, -0.15) is 4.99 Å². The largest absolute Gasteiger partial charge is 0.271 e. The number of halogens is 1. The lowest BCUT2D eigenvalue weighted by molar-refractivity contribution is -0.118. The van der Waals surface area contributed by atoms with Crippen LogP contribution in [0.2, 0.25) is 0 Å². The predicted octanol–water partition coefficient (Wildman–Crippen LogP) is 4.39. The zero-order valence-electron chi connectivity index (χ0n) is 10.6. The van der Waals surface area contributed by atoms with Gasteiger partial charge in [0.1, 0.15) is 5.92 Å².